The number of benzene rings is 1. The van der Waals surface area contributed by atoms with Gasteiger partial charge in [-0.1, -0.05) is 0 Å². The average Bonchev–Trinajstić information content (AvgIpc) is 3.10. The van der Waals surface area contributed by atoms with Gasteiger partial charge in [-0.3, -0.25) is 4.79 Å². The van der Waals surface area contributed by atoms with Gasteiger partial charge in [-0.2, -0.15) is 0 Å². The fourth-order valence-corrected chi connectivity index (χ4v) is 3.45. The van der Waals surface area contributed by atoms with E-state index in [4.69, 9.17) is 0 Å². The number of anilines is 2. The first kappa shape index (κ1) is 16.6. The lowest BCUT2D eigenvalue weighted by Crippen LogP contribution is -2.47. The molecule has 6 nitrogen and oxygen atoms in total. The first-order valence-electron chi connectivity index (χ1n) is 8.80. The Labute approximate surface area is 143 Å². The van der Waals surface area contributed by atoms with E-state index in [1.165, 1.54) is 25.5 Å². The molecule has 0 atom stereocenters. The fraction of sp³-hybridized carbons (Fsp3) is 0.556. The van der Waals surface area contributed by atoms with Gasteiger partial charge < -0.3 is 20.4 Å². The number of hydrogen-bond donors (Lipinski definition) is 2. The molecule has 0 bridgehead atoms. The van der Waals surface area contributed by atoms with Crippen molar-refractivity contribution in [3.05, 3.63) is 24.3 Å². The smallest absolute Gasteiger partial charge is 0.321 e. The van der Waals surface area contributed by atoms with Gasteiger partial charge in [-0.15, -0.1) is 0 Å². The minimum Gasteiger partial charge on any atom is -0.372 e. The van der Waals surface area contributed by atoms with Crippen molar-refractivity contribution in [1.82, 2.24) is 10.2 Å². The zero-order valence-corrected chi connectivity index (χ0v) is 14.3. The van der Waals surface area contributed by atoms with Crippen molar-refractivity contribution in [2.75, 3.05) is 36.4 Å². The summed E-state index contributed by atoms with van der Waals surface area (Å²) >= 11 is 0. The molecule has 0 unspecified atom stereocenters. The molecule has 2 aliphatic rings. The molecule has 0 radical (unpaired) electrons. The Balaban J connectivity index is 1.49. The lowest BCUT2D eigenvalue weighted by atomic mass is 10.1. The molecule has 0 aliphatic carbocycles. The van der Waals surface area contributed by atoms with Crippen molar-refractivity contribution < 1.29 is 9.59 Å². The van der Waals surface area contributed by atoms with Crippen molar-refractivity contribution in [3.63, 3.8) is 0 Å². The molecule has 24 heavy (non-hydrogen) atoms. The highest BCUT2D eigenvalue weighted by Crippen LogP contribution is 2.22. The molecule has 0 saturated carbocycles. The van der Waals surface area contributed by atoms with E-state index in [9.17, 15) is 9.59 Å². The number of piperidine rings is 1. The Kier molecular flexibility index (Phi) is 5.23. The topological polar surface area (TPSA) is 64.7 Å². The highest BCUT2D eigenvalue weighted by atomic mass is 16.2. The molecule has 3 amide bonds. The molecule has 2 saturated heterocycles. The van der Waals surface area contributed by atoms with E-state index in [1.54, 1.807) is 0 Å². The van der Waals surface area contributed by atoms with Crippen LogP contribution in [0.2, 0.25) is 0 Å². The second-order valence-electron chi connectivity index (χ2n) is 6.63. The lowest BCUT2D eigenvalue weighted by molar-refractivity contribution is -0.119. The number of likely N-dealkylation sites (tertiary alicyclic amines) is 1. The zero-order chi connectivity index (χ0) is 16.9. The SMILES string of the molecule is CC(=O)NC1CCN(C(=O)Nc2ccc(N3CCCC3)cc2)CC1. The summed E-state index contributed by atoms with van der Waals surface area (Å²) in [6, 6.07) is 8.20. The quantitative estimate of drug-likeness (QED) is 0.894. The maximum absolute atomic E-state index is 12.4. The number of rotatable bonds is 3. The summed E-state index contributed by atoms with van der Waals surface area (Å²) in [5, 5.41) is 5.89. The third kappa shape index (κ3) is 4.19. The van der Waals surface area contributed by atoms with Gasteiger partial charge >= 0.3 is 6.03 Å². The van der Waals surface area contributed by atoms with Gasteiger partial charge in [0, 0.05) is 50.5 Å². The number of nitrogens with one attached hydrogen (secondary N) is 2. The van der Waals surface area contributed by atoms with Crippen LogP contribution in [0.3, 0.4) is 0 Å². The Morgan fingerprint density at radius 2 is 1.62 bits per heavy atom. The number of carbonyl (C=O) groups excluding carboxylic acids is 2. The van der Waals surface area contributed by atoms with Gasteiger partial charge in [0.2, 0.25) is 5.91 Å². The zero-order valence-electron chi connectivity index (χ0n) is 14.3. The summed E-state index contributed by atoms with van der Waals surface area (Å²) < 4.78 is 0. The van der Waals surface area contributed by atoms with Crippen LogP contribution >= 0.6 is 0 Å². The number of carbonyl (C=O) groups is 2. The first-order chi connectivity index (χ1) is 11.6. The fourth-order valence-electron chi connectivity index (χ4n) is 3.45. The summed E-state index contributed by atoms with van der Waals surface area (Å²) in [4.78, 5) is 27.6. The summed E-state index contributed by atoms with van der Waals surface area (Å²) in [5.41, 5.74) is 2.05. The molecule has 6 heteroatoms. The molecule has 0 spiro atoms. The van der Waals surface area contributed by atoms with Crippen LogP contribution < -0.4 is 15.5 Å². The first-order valence-corrected chi connectivity index (χ1v) is 8.80. The number of hydrogen-bond acceptors (Lipinski definition) is 3. The summed E-state index contributed by atoms with van der Waals surface area (Å²) in [7, 11) is 0. The third-order valence-corrected chi connectivity index (χ3v) is 4.78. The minimum absolute atomic E-state index is 0.00371. The Morgan fingerprint density at radius 3 is 2.21 bits per heavy atom. The van der Waals surface area contributed by atoms with Crippen LogP contribution in [0.25, 0.3) is 0 Å². The van der Waals surface area contributed by atoms with Gasteiger partial charge in [0.05, 0.1) is 0 Å². The van der Waals surface area contributed by atoms with Crippen LogP contribution in [-0.2, 0) is 4.79 Å². The molecular formula is C18H26N4O2. The van der Waals surface area contributed by atoms with Gasteiger partial charge in [0.15, 0.2) is 0 Å². The van der Waals surface area contributed by atoms with Crippen molar-refractivity contribution in [2.45, 2.75) is 38.6 Å². The van der Waals surface area contributed by atoms with Crippen LogP contribution in [0.4, 0.5) is 16.2 Å². The highest BCUT2D eigenvalue weighted by molar-refractivity contribution is 5.89. The third-order valence-electron chi connectivity index (χ3n) is 4.78. The Morgan fingerprint density at radius 1 is 1.00 bits per heavy atom. The van der Waals surface area contributed by atoms with E-state index < -0.39 is 0 Å². The molecule has 2 fully saturated rings. The van der Waals surface area contributed by atoms with Gasteiger partial charge in [-0.05, 0) is 49.9 Å². The van der Waals surface area contributed by atoms with E-state index >= 15 is 0 Å². The van der Waals surface area contributed by atoms with Crippen LogP contribution in [-0.4, -0.2) is 49.1 Å². The average molecular weight is 330 g/mol. The van der Waals surface area contributed by atoms with Crippen LogP contribution in [0, 0.1) is 0 Å². The lowest BCUT2D eigenvalue weighted by Gasteiger charge is -2.32. The monoisotopic (exact) mass is 330 g/mol. The molecule has 1 aromatic carbocycles. The van der Waals surface area contributed by atoms with Crippen molar-refractivity contribution >= 4 is 23.3 Å². The predicted molar refractivity (Wildman–Crippen MR) is 95.3 cm³/mol. The molecule has 2 heterocycles. The minimum atomic E-state index is -0.0646. The van der Waals surface area contributed by atoms with E-state index in [1.807, 2.05) is 17.0 Å². The van der Waals surface area contributed by atoms with Gasteiger partial charge in [0.25, 0.3) is 0 Å². The maximum atomic E-state index is 12.4. The Bertz CT molecular complexity index is 573. The Hall–Kier alpha value is -2.24. The molecular weight excluding hydrogens is 304 g/mol. The van der Waals surface area contributed by atoms with Crippen molar-refractivity contribution in [3.8, 4) is 0 Å². The van der Waals surface area contributed by atoms with Gasteiger partial charge in [-0.25, -0.2) is 4.79 Å². The number of urea groups is 1. The standard InChI is InChI=1S/C18H26N4O2/c1-14(23)19-16-8-12-22(13-9-16)18(24)20-15-4-6-17(7-5-15)21-10-2-3-11-21/h4-7,16H,2-3,8-13H2,1H3,(H,19,23)(H,20,24). The van der Waals surface area contributed by atoms with Crippen LogP contribution in [0.5, 0.6) is 0 Å². The molecule has 3 rings (SSSR count). The molecule has 130 valence electrons. The molecule has 1 aromatic rings. The molecule has 0 aromatic heterocycles. The number of nitrogens with zero attached hydrogens (tertiary/aromatic N) is 2. The molecule has 2 aliphatic heterocycles. The van der Waals surface area contributed by atoms with Crippen LogP contribution in [0.1, 0.15) is 32.6 Å². The van der Waals surface area contributed by atoms with E-state index in [0.717, 1.165) is 31.6 Å². The van der Waals surface area contributed by atoms with Crippen LogP contribution in [0.15, 0.2) is 24.3 Å². The summed E-state index contributed by atoms with van der Waals surface area (Å²) in [6.07, 6.45) is 4.13. The second-order valence-corrected chi connectivity index (χ2v) is 6.63. The summed E-state index contributed by atoms with van der Waals surface area (Å²) in [6.45, 7) is 5.11. The van der Waals surface area contributed by atoms with E-state index in [0.29, 0.717) is 13.1 Å². The van der Waals surface area contributed by atoms with E-state index in [2.05, 4.69) is 27.7 Å². The summed E-state index contributed by atoms with van der Waals surface area (Å²) in [5.74, 6) is -0.00371. The normalized spacial score (nSPS) is 18.5. The molecule has 2 N–H and O–H groups in total. The largest absolute Gasteiger partial charge is 0.372 e. The van der Waals surface area contributed by atoms with E-state index in [-0.39, 0.29) is 18.0 Å². The number of amides is 3. The van der Waals surface area contributed by atoms with Gasteiger partial charge in [0.1, 0.15) is 0 Å². The highest BCUT2D eigenvalue weighted by Gasteiger charge is 2.23. The van der Waals surface area contributed by atoms with Crippen molar-refractivity contribution in [1.29, 1.82) is 0 Å². The second kappa shape index (κ2) is 7.55. The predicted octanol–water partition coefficient (Wildman–Crippen LogP) is 2.42. The van der Waals surface area contributed by atoms with Crippen molar-refractivity contribution in [2.24, 2.45) is 0 Å². The maximum Gasteiger partial charge on any atom is 0.321 e.